The highest BCUT2D eigenvalue weighted by Crippen LogP contribution is 2.21. The zero-order chi connectivity index (χ0) is 12.7. The smallest absolute Gasteiger partial charge is 0.224 e. The molecule has 0 saturated carbocycles. The molecule has 0 unspecified atom stereocenters. The van der Waals surface area contributed by atoms with Gasteiger partial charge in [-0.3, -0.25) is 0 Å². The SMILES string of the molecule is CCCCN(CCCC)c1nc(Cl)ncc1N. The number of hydrogen-bond donors (Lipinski definition) is 1. The van der Waals surface area contributed by atoms with Crippen molar-refractivity contribution in [1.82, 2.24) is 9.97 Å². The maximum absolute atomic E-state index is 5.91. The molecule has 96 valence electrons. The number of aromatic nitrogens is 2. The first-order valence-corrected chi connectivity index (χ1v) is 6.59. The van der Waals surface area contributed by atoms with Crippen LogP contribution in [0.25, 0.3) is 0 Å². The maximum atomic E-state index is 5.91. The molecule has 0 aliphatic rings. The van der Waals surface area contributed by atoms with Gasteiger partial charge in [0, 0.05) is 13.1 Å². The lowest BCUT2D eigenvalue weighted by Crippen LogP contribution is -2.27. The van der Waals surface area contributed by atoms with Crippen LogP contribution in [-0.4, -0.2) is 23.1 Å². The molecule has 0 saturated heterocycles. The second-order valence-electron chi connectivity index (χ2n) is 4.11. The highest BCUT2D eigenvalue weighted by molar-refractivity contribution is 6.28. The molecule has 5 heteroatoms. The minimum absolute atomic E-state index is 0.257. The van der Waals surface area contributed by atoms with Gasteiger partial charge >= 0.3 is 0 Å². The van der Waals surface area contributed by atoms with Crippen LogP contribution < -0.4 is 10.6 Å². The van der Waals surface area contributed by atoms with Crippen molar-refractivity contribution in [3.05, 3.63) is 11.5 Å². The second kappa shape index (κ2) is 7.33. The number of hydrogen-bond acceptors (Lipinski definition) is 4. The number of anilines is 2. The van der Waals surface area contributed by atoms with Crippen LogP contribution in [0, 0.1) is 0 Å². The van der Waals surface area contributed by atoms with E-state index in [9.17, 15) is 0 Å². The Labute approximate surface area is 108 Å². The second-order valence-corrected chi connectivity index (χ2v) is 4.45. The van der Waals surface area contributed by atoms with E-state index in [1.807, 2.05) is 0 Å². The van der Waals surface area contributed by atoms with Crippen LogP contribution in [0.2, 0.25) is 5.28 Å². The van der Waals surface area contributed by atoms with Gasteiger partial charge in [-0.25, -0.2) is 4.98 Å². The summed E-state index contributed by atoms with van der Waals surface area (Å²) in [6.45, 7) is 6.28. The molecular formula is C12H21ClN4. The predicted molar refractivity (Wildman–Crippen MR) is 73.5 cm³/mol. The van der Waals surface area contributed by atoms with E-state index in [1.54, 1.807) is 6.20 Å². The van der Waals surface area contributed by atoms with E-state index in [0.29, 0.717) is 5.69 Å². The van der Waals surface area contributed by atoms with E-state index in [1.165, 1.54) is 0 Å². The summed E-state index contributed by atoms with van der Waals surface area (Å²) in [5.74, 6) is 0.770. The van der Waals surface area contributed by atoms with Gasteiger partial charge in [-0.1, -0.05) is 26.7 Å². The molecule has 0 fully saturated rings. The van der Waals surface area contributed by atoms with Gasteiger partial charge in [-0.15, -0.1) is 0 Å². The van der Waals surface area contributed by atoms with E-state index < -0.39 is 0 Å². The standard InChI is InChI=1S/C12H21ClN4/c1-3-5-7-17(8-6-4-2)11-10(14)9-15-12(13)16-11/h9H,3-8,14H2,1-2H3. The predicted octanol–water partition coefficient (Wildman–Crippen LogP) is 3.12. The summed E-state index contributed by atoms with van der Waals surface area (Å²) >= 11 is 5.82. The van der Waals surface area contributed by atoms with Gasteiger partial charge in [0.05, 0.1) is 11.9 Å². The Morgan fingerprint density at radius 1 is 1.24 bits per heavy atom. The fourth-order valence-corrected chi connectivity index (χ4v) is 1.77. The largest absolute Gasteiger partial charge is 0.394 e. The topological polar surface area (TPSA) is 55.0 Å². The van der Waals surface area contributed by atoms with Gasteiger partial charge in [0.15, 0.2) is 5.82 Å². The minimum Gasteiger partial charge on any atom is -0.394 e. The third kappa shape index (κ3) is 4.38. The fraction of sp³-hybridized carbons (Fsp3) is 0.667. The van der Waals surface area contributed by atoms with E-state index >= 15 is 0 Å². The van der Waals surface area contributed by atoms with Gasteiger partial charge in [0.1, 0.15) is 0 Å². The van der Waals surface area contributed by atoms with Crippen molar-refractivity contribution in [3.8, 4) is 0 Å². The number of rotatable bonds is 7. The summed E-state index contributed by atoms with van der Waals surface area (Å²) in [6, 6.07) is 0. The molecule has 1 aromatic heterocycles. The molecule has 0 bridgehead atoms. The third-order valence-electron chi connectivity index (χ3n) is 2.63. The van der Waals surface area contributed by atoms with Crippen molar-refractivity contribution in [2.75, 3.05) is 23.7 Å². The summed E-state index contributed by atoms with van der Waals surface area (Å²) in [4.78, 5) is 10.3. The molecule has 0 spiro atoms. The molecule has 1 aromatic rings. The first-order chi connectivity index (χ1) is 8.19. The van der Waals surface area contributed by atoms with Crippen molar-refractivity contribution in [3.63, 3.8) is 0 Å². The first kappa shape index (κ1) is 14.0. The molecule has 0 radical (unpaired) electrons. The van der Waals surface area contributed by atoms with Crippen LogP contribution >= 0.6 is 11.6 Å². The number of halogens is 1. The van der Waals surface area contributed by atoms with Crippen molar-refractivity contribution in [2.24, 2.45) is 0 Å². The lowest BCUT2D eigenvalue weighted by atomic mass is 10.2. The summed E-state index contributed by atoms with van der Waals surface area (Å²) in [6.07, 6.45) is 6.15. The van der Waals surface area contributed by atoms with E-state index in [0.717, 1.165) is 44.6 Å². The Kier molecular flexibility index (Phi) is 6.05. The summed E-state index contributed by atoms with van der Waals surface area (Å²) in [5, 5.41) is 0.257. The fourth-order valence-electron chi connectivity index (χ4n) is 1.64. The monoisotopic (exact) mass is 256 g/mol. The maximum Gasteiger partial charge on any atom is 0.224 e. The Morgan fingerprint density at radius 3 is 2.35 bits per heavy atom. The van der Waals surface area contributed by atoms with Crippen molar-refractivity contribution in [1.29, 1.82) is 0 Å². The van der Waals surface area contributed by atoms with Crippen LogP contribution in [0.3, 0.4) is 0 Å². The van der Waals surface area contributed by atoms with Crippen molar-refractivity contribution >= 4 is 23.1 Å². The van der Waals surface area contributed by atoms with Gasteiger partial charge in [0.2, 0.25) is 5.28 Å². The van der Waals surface area contributed by atoms with E-state index in [4.69, 9.17) is 17.3 Å². The molecule has 0 atom stereocenters. The minimum atomic E-state index is 0.257. The van der Waals surface area contributed by atoms with Crippen molar-refractivity contribution < 1.29 is 0 Å². The van der Waals surface area contributed by atoms with Crippen molar-refractivity contribution in [2.45, 2.75) is 39.5 Å². The normalized spacial score (nSPS) is 10.5. The molecule has 1 rings (SSSR count). The van der Waals surface area contributed by atoms with Gasteiger partial charge < -0.3 is 10.6 Å². The van der Waals surface area contributed by atoms with Gasteiger partial charge in [-0.05, 0) is 24.4 Å². The number of nitrogen functional groups attached to an aromatic ring is 1. The summed E-state index contributed by atoms with van der Waals surface area (Å²) < 4.78 is 0. The quantitative estimate of drug-likeness (QED) is 0.762. The lowest BCUT2D eigenvalue weighted by Gasteiger charge is -2.24. The molecular weight excluding hydrogens is 236 g/mol. The van der Waals surface area contributed by atoms with Gasteiger partial charge in [0.25, 0.3) is 0 Å². The Hall–Kier alpha value is -1.03. The highest BCUT2D eigenvalue weighted by Gasteiger charge is 2.11. The van der Waals surface area contributed by atoms with E-state index in [-0.39, 0.29) is 5.28 Å². The van der Waals surface area contributed by atoms with Crippen LogP contribution in [0.1, 0.15) is 39.5 Å². The molecule has 4 nitrogen and oxygen atoms in total. The number of nitrogens with two attached hydrogens (primary N) is 1. The average Bonchev–Trinajstić information content (AvgIpc) is 2.33. The molecule has 0 aliphatic heterocycles. The lowest BCUT2D eigenvalue weighted by molar-refractivity contribution is 0.671. The zero-order valence-corrected chi connectivity index (χ0v) is 11.4. The Morgan fingerprint density at radius 2 is 1.82 bits per heavy atom. The van der Waals surface area contributed by atoms with Gasteiger partial charge in [-0.2, -0.15) is 4.98 Å². The zero-order valence-electron chi connectivity index (χ0n) is 10.6. The van der Waals surface area contributed by atoms with Crippen LogP contribution in [0.5, 0.6) is 0 Å². The molecule has 0 amide bonds. The van der Waals surface area contributed by atoms with Crippen LogP contribution in [0.4, 0.5) is 11.5 Å². The number of unbranched alkanes of at least 4 members (excludes halogenated alkanes) is 2. The average molecular weight is 257 g/mol. The summed E-state index contributed by atoms with van der Waals surface area (Å²) in [7, 11) is 0. The highest BCUT2D eigenvalue weighted by atomic mass is 35.5. The summed E-state index contributed by atoms with van der Waals surface area (Å²) in [5.41, 5.74) is 6.51. The van der Waals surface area contributed by atoms with Crippen LogP contribution in [0.15, 0.2) is 6.20 Å². The third-order valence-corrected chi connectivity index (χ3v) is 2.81. The molecule has 0 aliphatic carbocycles. The first-order valence-electron chi connectivity index (χ1n) is 6.22. The van der Waals surface area contributed by atoms with Crippen LogP contribution in [-0.2, 0) is 0 Å². The molecule has 2 N–H and O–H groups in total. The molecule has 17 heavy (non-hydrogen) atoms. The van der Waals surface area contributed by atoms with E-state index in [2.05, 4.69) is 28.7 Å². The Balaban J connectivity index is 2.82. The molecule has 0 aromatic carbocycles. The Bertz CT molecular complexity index is 335. The number of nitrogens with zero attached hydrogens (tertiary/aromatic N) is 3. The molecule has 1 heterocycles.